The Morgan fingerprint density at radius 1 is 1.32 bits per heavy atom. The van der Waals surface area contributed by atoms with Gasteiger partial charge in [0.25, 0.3) is 0 Å². The van der Waals surface area contributed by atoms with Gasteiger partial charge in [-0.15, -0.1) is 0 Å². The number of carbonyl (C=O) groups is 2. The predicted octanol–water partition coefficient (Wildman–Crippen LogP) is 3.20. The van der Waals surface area contributed by atoms with Crippen LogP contribution >= 0.6 is 0 Å². The summed E-state index contributed by atoms with van der Waals surface area (Å²) in [6, 6.07) is 5.77. The maximum Gasteiger partial charge on any atom is 0.394 e. The highest BCUT2D eigenvalue weighted by Crippen LogP contribution is 2.38. The molecule has 0 spiro atoms. The average molecular weight is 360 g/mol. The van der Waals surface area contributed by atoms with Crippen molar-refractivity contribution >= 4 is 17.7 Å². The molecule has 0 saturated carbocycles. The van der Waals surface area contributed by atoms with Gasteiger partial charge < -0.3 is 20.1 Å². The maximum atomic E-state index is 13.0. The third-order valence-electron chi connectivity index (χ3n) is 3.94. The van der Waals surface area contributed by atoms with E-state index in [0.717, 1.165) is 11.3 Å². The predicted molar refractivity (Wildman–Crippen MR) is 83.5 cm³/mol. The van der Waals surface area contributed by atoms with Gasteiger partial charge in [-0.25, -0.2) is 4.79 Å². The smallest absolute Gasteiger partial charge is 0.394 e. The summed E-state index contributed by atoms with van der Waals surface area (Å²) in [4.78, 5) is 24.2. The van der Waals surface area contributed by atoms with E-state index in [0.29, 0.717) is 18.0 Å². The molecule has 138 valence electrons. The molecule has 0 aliphatic carbocycles. The van der Waals surface area contributed by atoms with Gasteiger partial charge in [-0.3, -0.25) is 4.79 Å². The van der Waals surface area contributed by atoms with Crippen LogP contribution in [0.15, 0.2) is 24.3 Å². The minimum absolute atomic E-state index is 0.322. The highest BCUT2D eigenvalue weighted by Gasteiger charge is 2.53. The van der Waals surface area contributed by atoms with Gasteiger partial charge in [-0.1, -0.05) is 19.1 Å². The van der Waals surface area contributed by atoms with Crippen molar-refractivity contribution in [1.82, 2.24) is 4.90 Å². The first-order valence-electron chi connectivity index (χ1n) is 7.81. The summed E-state index contributed by atoms with van der Waals surface area (Å²) in [6.45, 7) is 1.15. The normalized spacial score (nSPS) is 20.4. The molecule has 6 nitrogen and oxygen atoms in total. The molecule has 1 heterocycles. The van der Waals surface area contributed by atoms with Gasteiger partial charge in [0.15, 0.2) is 0 Å². The van der Waals surface area contributed by atoms with Crippen molar-refractivity contribution in [2.45, 2.75) is 19.5 Å². The van der Waals surface area contributed by atoms with E-state index in [1.807, 2.05) is 6.92 Å². The molecule has 1 aromatic carbocycles. The lowest BCUT2D eigenvalue weighted by Gasteiger charge is -2.19. The number of nitrogens with one attached hydrogen (secondary N) is 1. The standard InChI is InChI=1S/C16H19F3N2O4/c1-2-7-25-13-6-4-3-5-12(13)20-15(24)21-8-10(14(22)23)11(9-21)16(17,18)19/h3-6,10-11H,2,7-9H2,1H3,(H,20,24)(H,22,23)/t10-,11-/m1/s1. The number of benzene rings is 1. The number of amides is 2. The Kier molecular flexibility index (Phi) is 5.76. The highest BCUT2D eigenvalue weighted by molar-refractivity contribution is 5.91. The van der Waals surface area contributed by atoms with Crippen molar-refractivity contribution in [3.05, 3.63) is 24.3 Å². The first kappa shape index (κ1) is 18.9. The summed E-state index contributed by atoms with van der Waals surface area (Å²) in [5, 5.41) is 11.5. The summed E-state index contributed by atoms with van der Waals surface area (Å²) in [6.07, 6.45) is -3.93. The number of aliphatic carboxylic acids is 1. The molecule has 2 rings (SSSR count). The molecule has 0 unspecified atom stereocenters. The van der Waals surface area contributed by atoms with Gasteiger partial charge in [0.1, 0.15) is 5.75 Å². The van der Waals surface area contributed by atoms with Crippen molar-refractivity contribution in [1.29, 1.82) is 0 Å². The van der Waals surface area contributed by atoms with Crippen LogP contribution in [-0.2, 0) is 4.79 Å². The molecule has 1 aromatic rings. The van der Waals surface area contributed by atoms with Gasteiger partial charge in [-0.05, 0) is 18.6 Å². The zero-order valence-corrected chi connectivity index (χ0v) is 13.5. The molecular weight excluding hydrogens is 341 g/mol. The summed E-state index contributed by atoms with van der Waals surface area (Å²) in [5.41, 5.74) is 0.322. The van der Waals surface area contributed by atoms with Crippen molar-refractivity contribution in [3.63, 3.8) is 0 Å². The molecule has 0 aromatic heterocycles. The van der Waals surface area contributed by atoms with E-state index in [9.17, 15) is 22.8 Å². The van der Waals surface area contributed by atoms with Crippen LogP contribution < -0.4 is 10.1 Å². The number of para-hydroxylation sites is 2. The lowest BCUT2D eigenvalue weighted by molar-refractivity contribution is -0.187. The number of carboxylic acids is 1. The zero-order chi connectivity index (χ0) is 18.6. The average Bonchev–Trinajstić information content (AvgIpc) is 3.00. The summed E-state index contributed by atoms with van der Waals surface area (Å²) in [5.74, 6) is -4.91. The molecule has 2 atom stereocenters. The van der Waals surface area contributed by atoms with Crippen LogP contribution in [0.2, 0.25) is 0 Å². The molecule has 1 fully saturated rings. The third kappa shape index (κ3) is 4.55. The van der Waals surface area contributed by atoms with Crippen LogP contribution in [0.1, 0.15) is 13.3 Å². The lowest BCUT2D eigenvalue weighted by Crippen LogP contribution is -2.35. The summed E-state index contributed by atoms with van der Waals surface area (Å²) >= 11 is 0. The maximum absolute atomic E-state index is 13.0. The van der Waals surface area contributed by atoms with Gasteiger partial charge in [0.2, 0.25) is 0 Å². The fraction of sp³-hybridized carbons (Fsp3) is 0.500. The number of alkyl halides is 3. The molecule has 1 aliphatic rings. The monoisotopic (exact) mass is 360 g/mol. The van der Waals surface area contributed by atoms with Crippen molar-refractivity contribution < 1.29 is 32.6 Å². The molecule has 25 heavy (non-hydrogen) atoms. The van der Waals surface area contributed by atoms with Crippen LogP contribution in [0, 0.1) is 11.8 Å². The number of anilines is 1. The number of likely N-dealkylation sites (tertiary alicyclic amines) is 1. The number of carbonyl (C=O) groups excluding carboxylic acids is 1. The fourth-order valence-corrected chi connectivity index (χ4v) is 2.65. The largest absolute Gasteiger partial charge is 0.491 e. The number of rotatable bonds is 5. The number of hydrogen-bond acceptors (Lipinski definition) is 3. The quantitative estimate of drug-likeness (QED) is 0.845. The van der Waals surface area contributed by atoms with Crippen LogP contribution in [0.5, 0.6) is 5.75 Å². The number of hydrogen-bond donors (Lipinski definition) is 2. The third-order valence-corrected chi connectivity index (χ3v) is 3.94. The van der Waals surface area contributed by atoms with Crippen molar-refractivity contribution in [3.8, 4) is 5.75 Å². The highest BCUT2D eigenvalue weighted by atomic mass is 19.4. The van der Waals surface area contributed by atoms with E-state index in [1.54, 1.807) is 24.3 Å². The second kappa shape index (κ2) is 7.62. The first-order valence-corrected chi connectivity index (χ1v) is 7.81. The lowest BCUT2D eigenvalue weighted by atomic mass is 9.96. The second-order valence-corrected chi connectivity index (χ2v) is 5.77. The Labute approximate surface area is 142 Å². The molecule has 1 aliphatic heterocycles. The van der Waals surface area contributed by atoms with E-state index in [-0.39, 0.29) is 0 Å². The summed E-state index contributed by atoms with van der Waals surface area (Å²) < 4.78 is 44.5. The van der Waals surface area contributed by atoms with Crippen LogP contribution in [0.3, 0.4) is 0 Å². The SMILES string of the molecule is CCCOc1ccccc1NC(=O)N1C[C@@H](C(F)(F)F)[C@H](C(=O)O)C1. The minimum Gasteiger partial charge on any atom is -0.491 e. The molecule has 0 bridgehead atoms. The Bertz CT molecular complexity index is 636. The first-order chi connectivity index (χ1) is 11.7. The van der Waals surface area contributed by atoms with E-state index in [4.69, 9.17) is 9.84 Å². The molecule has 2 amide bonds. The molecule has 0 radical (unpaired) electrons. The van der Waals surface area contributed by atoms with E-state index in [1.165, 1.54) is 0 Å². The zero-order valence-electron chi connectivity index (χ0n) is 13.5. The Balaban J connectivity index is 2.10. The topological polar surface area (TPSA) is 78.9 Å². The molecule has 2 N–H and O–H groups in total. The number of ether oxygens (including phenoxy) is 1. The fourth-order valence-electron chi connectivity index (χ4n) is 2.65. The van der Waals surface area contributed by atoms with Crippen molar-refractivity contribution in [2.75, 3.05) is 25.0 Å². The van der Waals surface area contributed by atoms with E-state index in [2.05, 4.69) is 5.32 Å². The van der Waals surface area contributed by atoms with Crippen molar-refractivity contribution in [2.24, 2.45) is 11.8 Å². The van der Waals surface area contributed by atoms with Gasteiger partial charge in [0, 0.05) is 13.1 Å². The Morgan fingerprint density at radius 2 is 2.00 bits per heavy atom. The molecule has 1 saturated heterocycles. The van der Waals surface area contributed by atoms with Gasteiger partial charge >= 0.3 is 18.2 Å². The van der Waals surface area contributed by atoms with Crippen LogP contribution in [0.4, 0.5) is 23.7 Å². The van der Waals surface area contributed by atoms with E-state index < -0.39 is 43.1 Å². The minimum atomic E-state index is -4.68. The number of urea groups is 1. The molecular formula is C16H19F3N2O4. The molecule has 9 heteroatoms. The van der Waals surface area contributed by atoms with E-state index >= 15 is 0 Å². The number of halogens is 3. The Hall–Kier alpha value is -2.45. The van der Waals surface area contributed by atoms with Crippen LogP contribution in [0.25, 0.3) is 0 Å². The summed E-state index contributed by atoms with van der Waals surface area (Å²) in [7, 11) is 0. The number of nitrogens with zero attached hydrogens (tertiary/aromatic N) is 1. The van der Waals surface area contributed by atoms with Crippen LogP contribution in [-0.4, -0.2) is 47.9 Å². The van der Waals surface area contributed by atoms with Gasteiger partial charge in [0.05, 0.1) is 24.1 Å². The second-order valence-electron chi connectivity index (χ2n) is 5.77. The number of carboxylic acid groups (broad SMARTS) is 1. The van der Waals surface area contributed by atoms with Gasteiger partial charge in [-0.2, -0.15) is 13.2 Å². The Morgan fingerprint density at radius 3 is 2.56 bits per heavy atom.